The van der Waals surface area contributed by atoms with Crippen LogP contribution in [0.3, 0.4) is 0 Å². The molecule has 1 radical (unpaired) electrons. The first-order valence-corrected chi connectivity index (χ1v) is 19.8. The van der Waals surface area contributed by atoms with E-state index in [1.54, 1.807) is 12.3 Å². The van der Waals surface area contributed by atoms with Crippen molar-refractivity contribution < 1.29 is 29.2 Å². The summed E-state index contributed by atoms with van der Waals surface area (Å²) in [5, 5.41) is 14.0. The van der Waals surface area contributed by atoms with Crippen LogP contribution in [0.15, 0.2) is 182 Å². The third kappa shape index (κ3) is 9.79. The smallest absolute Gasteiger partial charge is 0.242 e. The maximum atomic E-state index is 4.02. The van der Waals surface area contributed by atoms with E-state index in [1.807, 2.05) is 62.6 Å². The minimum atomic E-state index is 0. The largest absolute Gasteiger partial charge is 0.341 e. The Morgan fingerprint density at radius 3 is 1.31 bits per heavy atom. The Kier molecular flexibility index (Phi) is 14.0. The van der Waals surface area contributed by atoms with E-state index in [-0.39, 0.29) is 20.1 Å². The van der Waals surface area contributed by atoms with Crippen molar-refractivity contribution in [3.8, 4) is 67.9 Å². The molecule has 0 aliphatic heterocycles. The number of rotatable bonds is 7. The van der Waals surface area contributed by atoms with Crippen LogP contribution < -0.4 is 14.2 Å². The van der Waals surface area contributed by atoms with E-state index in [0.717, 1.165) is 45.3 Å². The van der Waals surface area contributed by atoms with Gasteiger partial charge in [-0.3, -0.25) is 15.3 Å². The molecule has 0 N–H and O–H groups in total. The number of aromatic nitrogens is 9. The van der Waals surface area contributed by atoms with Gasteiger partial charge in [-0.15, -0.1) is 0 Å². The van der Waals surface area contributed by atoms with Gasteiger partial charge in [0.1, 0.15) is 0 Å². The molecule has 0 amide bonds. The second kappa shape index (κ2) is 20.2. The van der Waals surface area contributed by atoms with Crippen LogP contribution in [0.4, 0.5) is 0 Å². The molecule has 0 saturated carbocycles. The molecule has 10 aromatic rings. The summed E-state index contributed by atoms with van der Waals surface area (Å²) in [5.41, 5.74) is 14.3. The first-order chi connectivity index (χ1) is 29.9. The fraction of sp³-hybridized carbons (Fsp3) is 0.0769. The van der Waals surface area contributed by atoms with Crippen LogP contribution in [-0.2, 0) is 34.2 Å². The normalized spacial score (nSPS) is 10.5. The van der Waals surface area contributed by atoms with E-state index in [2.05, 4.69) is 204 Å². The molecule has 0 spiro atoms. The third-order valence-corrected chi connectivity index (χ3v) is 9.83. The van der Waals surface area contributed by atoms with Gasteiger partial charge in [-0.1, -0.05) is 153 Å². The van der Waals surface area contributed by atoms with Gasteiger partial charge in [0.15, 0.2) is 0 Å². The maximum Gasteiger partial charge on any atom is 0.242 e. The average molecular weight is 985 g/mol. The monoisotopic (exact) mass is 985 g/mol. The molecule has 0 aliphatic rings. The van der Waals surface area contributed by atoms with Crippen LogP contribution in [0.1, 0.15) is 11.1 Å². The quantitative estimate of drug-likeness (QED) is 0.118. The maximum absolute atomic E-state index is 4.02. The molecule has 10 rings (SSSR count). The van der Waals surface area contributed by atoms with E-state index in [0.29, 0.717) is 11.5 Å². The van der Waals surface area contributed by atoms with Gasteiger partial charge >= 0.3 is 0 Å². The topological polar surface area (TPSA) is 83.3 Å². The first kappa shape index (κ1) is 42.7. The first-order valence-electron chi connectivity index (χ1n) is 19.8. The van der Waals surface area contributed by atoms with Gasteiger partial charge in [0, 0.05) is 26.3 Å². The van der Waals surface area contributed by atoms with E-state index in [1.165, 1.54) is 22.3 Å². The van der Waals surface area contributed by atoms with Crippen molar-refractivity contribution in [2.75, 3.05) is 0 Å². The van der Waals surface area contributed by atoms with Crippen molar-refractivity contribution >= 4 is 0 Å². The molecule has 0 unspecified atom stereocenters. The van der Waals surface area contributed by atoms with Crippen molar-refractivity contribution in [1.82, 2.24) is 34.7 Å². The summed E-state index contributed by atoms with van der Waals surface area (Å²) in [7, 11) is 4.09. The minimum Gasteiger partial charge on any atom is -0.341 e. The molecular weight excluding hydrogens is 943 g/mol. The van der Waals surface area contributed by atoms with Gasteiger partial charge in [-0.2, -0.15) is 64.9 Å². The fourth-order valence-electron chi connectivity index (χ4n) is 7.08. The molecule has 0 aliphatic carbocycles. The van der Waals surface area contributed by atoms with Crippen LogP contribution in [0.25, 0.3) is 67.9 Å². The van der Waals surface area contributed by atoms with Gasteiger partial charge in [0.25, 0.3) is 0 Å². The standard InChI is InChI=1S/2C23H19N2.C6H4N5.Ir/c2*1-18-10-9-15-21(16-18)25-17-24(2)22(19-11-5-3-6-12-19)23(25)20-13-7-4-8-14-20;1-2-4-7-5(3-1)6-8-10-11-9-6;/h2*3-14,16H,1-2H3;1-4H;/q3*-1;. The van der Waals surface area contributed by atoms with Gasteiger partial charge in [-0.25, -0.2) is 0 Å². The van der Waals surface area contributed by atoms with Gasteiger partial charge in [0.05, 0.1) is 48.4 Å². The number of hydrogen-bond acceptors (Lipinski definition) is 4. The summed E-state index contributed by atoms with van der Waals surface area (Å²) >= 11 is 0. The van der Waals surface area contributed by atoms with Crippen molar-refractivity contribution in [3.05, 3.63) is 218 Å². The molecule has 0 bridgehead atoms. The molecule has 4 aromatic heterocycles. The summed E-state index contributed by atoms with van der Waals surface area (Å²) in [4.78, 5) is 4.02. The Morgan fingerprint density at radius 2 is 0.935 bits per heavy atom. The van der Waals surface area contributed by atoms with E-state index in [4.69, 9.17) is 0 Å². The van der Waals surface area contributed by atoms with E-state index >= 15 is 0 Å². The molecule has 0 saturated heterocycles. The zero-order valence-corrected chi connectivity index (χ0v) is 37.1. The summed E-state index contributed by atoms with van der Waals surface area (Å²) < 4.78 is 8.33. The molecule has 6 aromatic carbocycles. The van der Waals surface area contributed by atoms with Crippen molar-refractivity contribution in [3.63, 3.8) is 0 Å². The van der Waals surface area contributed by atoms with Gasteiger partial charge < -0.3 is 23.4 Å². The third-order valence-electron chi connectivity index (χ3n) is 9.83. The zero-order chi connectivity index (χ0) is 42.0. The number of pyridine rings is 1. The number of nitrogens with zero attached hydrogens (tertiary/aromatic N) is 9. The van der Waals surface area contributed by atoms with Crippen LogP contribution >= 0.6 is 0 Å². The number of imidazole rings is 2. The zero-order valence-electron chi connectivity index (χ0n) is 34.7. The molecule has 9 nitrogen and oxygen atoms in total. The molecule has 62 heavy (non-hydrogen) atoms. The molecule has 10 heteroatoms. The second-order valence-corrected chi connectivity index (χ2v) is 14.3. The second-order valence-electron chi connectivity index (χ2n) is 14.3. The minimum absolute atomic E-state index is 0. The Bertz CT molecular complexity index is 2760. The Morgan fingerprint density at radius 1 is 0.516 bits per heavy atom. The van der Waals surface area contributed by atoms with Crippen molar-refractivity contribution in [2.24, 2.45) is 14.1 Å². The summed E-state index contributed by atoms with van der Waals surface area (Å²) in [6.07, 6.45) is 8.58. The van der Waals surface area contributed by atoms with Crippen LogP contribution in [0.2, 0.25) is 0 Å². The predicted octanol–water partition coefficient (Wildman–Crippen LogP) is 8.98. The van der Waals surface area contributed by atoms with Crippen molar-refractivity contribution in [1.29, 1.82) is 0 Å². The van der Waals surface area contributed by atoms with Crippen LogP contribution in [-0.4, -0.2) is 29.6 Å². The molecule has 307 valence electrons. The summed E-state index contributed by atoms with van der Waals surface area (Å²) in [6, 6.07) is 66.4. The SMILES string of the molecule is Cc1cc[c-]c(-n2[c-][n+](C)c(-c3ccccc3)c2-c2ccccc2)c1.Cc1cc[c-]c(-n2[c-][n+](C)c(-c3ccccc3)c2-c2ccccc2)c1.[Ir].c1ccc(-c2nnn[n-]2)nc1. The summed E-state index contributed by atoms with van der Waals surface area (Å²) in [5.74, 6) is 0.464. The summed E-state index contributed by atoms with van der Waals surface area (Å²) in [6.45, 7) is 4.20. The number of benzene rings is 6. The van der Waals surface area contributed by atoms with Gasteiger partial charge in [0.2, 0.25) is 12.7 Å². The van der Waals surface area contributed by atoms with Crippen LogP contribution in [0.5, 0.6) is 0 Å². The number of hydrogen-bond donors (Lipinski definition) is 0. The number of tetrazole rings is 1. The van der Waals surface area contributed by atoms with Gasteiger partial charge in [-0.05, 0) is 34.4 Å². The van der Waals surface area contributed by atoms with E-state index < -0.39 is 0 Å². The predicted molar refractivity (Wildman–Crippen MR) is 237 cm³/mol. The Balaban J connectivity index is 0.000000149. The molecule has 0 atom stereocenters. The molecule has 4 heterocycles. The van der Waals surface area contributed by atoms with Crippen molar-refractivity contribution in [2.45, 2.75) is 13.8 Å². The molecular formula is C52H42IrN9-3. The fourth-order valence-corrected chi connectivity index (χ4v) is 7.08. The Hall–Kier alpha value is -7.39. The molecule has 0 fully saturated rings. The average Bonchev–Trinajstić information content (AvgIpc) is 4.07. The Labute approximate surface area is 376 Å². The van der Waals surface area contributed by atoms with Crippen LogP contribution in [0, 0.1) is 38.6 Å². The van der Waals surface area contributed by atoms with E-state index in [9.17, 15) is 0 Å². The number of aryl methyl sites for hydroxylation is 4.